The molecule has 0 fully saturated rings. The minimum atomic E-state index is -0.464. The lowest BCUT2D eigenvalue weighted by atomic mass is 10.0. The summed E-state index contributed by atoms with van der Waals surface area (Å²) in [6.07, 6.45) is 3.79. The lowest BCUT2D eigenvalue weighted by molar-refractivity contribution is -0.130. The number of aldehydes is 1. The number of ether oxygens (including phenoxy) is 3. The van der Waals surface area contributed by atoms with Gasteiger partial charge in [-0.25, -0.2) is 9.59 Å². The summed E-state index contributed by atoms with van der Waals surface area (Å²) in [4.78, 5) is 33.0. The number of rotatable bonds is 8. The number of hydrogen-bond donors (Lipinski definition) is 0. The van der Waals surface area contributed by atoms with Gasteiger partial charge >= 0.3 is 11.9 Å². The first-order valence-electron chi connectivity index (χ1n) is 10.9. The van der Waals surface area contributed by atoms with E-state index in [0.717, 1.165) is 23.0 Å². The number of hydrogen-bond acceptors (Lipinski definition) is 6. The number of methoxy groups -OCH3 is 1. The maximum Gasteiger partial charge on any atom is 0.338 e. The standard InChI is InChI=1S/C26H22O5.C4H6O/c1-18(2)26(28)31-24-11-9-21(10-12-24)20-7-4-19(5-8-20)6-17-25(27)30-23-15-13-22(29-3)14-16-23;1-4(2)3-5/h4-17H,1H2,2-3H3;3H,1H2,2H3/b17-6-;. The Morgan fingerprint density at radius 2 is 1.17 bits per heavy atom. The van der Waals surface area contributed by atoms with Gasteiger partial charge in [-0.1, -0.05) is 49.6 Å². The van der Waals surface area contributed by atoms with Gasteiger partial charge in [0.15, 0.2) is 0 Å². The molecule has 184 valence electrons. The van der Waals surface area contributed by atoms with Gasteiger partial charge in [-0.3, -0.25) is 4.79 Å². The van der Waals surface area contributed by atoms with Crippen LogP contribution in [0.25, 0.3) is 17.2 Å². The van der Waals surface area contributed by atoms with Crippen LogP contribution in [0.2, 0.25) is 0 Å². The van der Waals surface area contributed by atoms with Crippen LogP contribution in [0.15, 0.2) is 103 Å². The molecule has 0 aliphatic carbocycles. The van der Waals surface area contributed by atoms with Crippen molar-refractivity contribution in [2.24, 2.45) is 0 Å². The zero-order chi connectivity index (χ0) is 26.5. The highest BCUT2D eigenvalue weighted by atomic mass is 16.5. The van der Waals surface area contributed by atoms with Crippen LogP contribution < -0.4 is 14.2 Å². The molecule has 0 saturated heterocycles. The fourth-order valence-electron chi connectivity index (χ4n) is 2.65. The first-order valence-corrected chi connectivity index (χ1v) is 10.9. The Labute approximate surface area is 211 Å². The Bertz CT molecular complexity index is 1230. The van der Waals surface area contributed by atoms with Gasteiger partial charge in [0.1, 0.15) is 23.5 Å². The average molecular weight is 485 g/mol. The van der Waals surface area contributed by atoms with Gasteiger partial charge < -0.3 is 14.2 Å². The fraction of sp³-hybridized carbons (Fsp3) is 0.100. The van der Waals surface area contributed by atoms with E-state index >= 15 is 0 Å². The molecule has 0 atom stereocenters. The minimum Gasteiger partial charge on any atom is -0.497 e. The minimum absolute atomic E-state index is 0.348. The molecular formula is C30H28O6. The number of benzene rings is 3. The van der Waals surface area contributed by atoms with Crippen LogP contribution in [0.4, 0.5) is 0 Å². The van der Waals surface area contributed by atoms with E-state index in [1.165, 1.54) is 6.08 Å². The highest BCUT2D eigenvalue weighted by molar-refractivity contribution is 5.89. The van der Waals surface area contributed by atoms with E-state index in [1.807, 2.05) is 36.4 Å². The van der Waals surface area contributed by atoms with Crippen molar-refractivity contribution < 1.29 is 28.6 Å². The van der Waals surface area contributed by atoms with E-state index in [2.05, 4.69) is 13.2 Å². The first-order chi connectivity index (χ1) is 17.2. The smallest absolute Gasteiger partial charge is 0.338 e. The maximum absolute atomic E-state index is 12.0. The van der Waals surface area contributed by atoms with Crippen LogP contribution >= 0.6 is 0 Å². The second-order valence-corrected chi connectivity index (χ2v) is 7.71. The van der Waals surface area contributed by atoms with Gasteiger partial charge in [0, 0.05) is 11.6 Å². The van der Waals surface area contributed by atoms with Crippen LogP contribution in [0.1, 0.15) is 19.4 Å². The summed E-state index contributed by atoms with van der Waals surface area (Å²) in [5, 5.41) is 0. The van der Waals surface area contributed by atoms with Crippen molar-refractivity contribution in [3.63, 3.8) is 0 Å². The van der Waals surface area contributed by atoms with Gasteiger partial charge in [0.25, 0.3) is 0 Å². The molecule has 6 nitrogen and oxygen atoms in total. The summed E-state index contributed by atoms with van der Waals surface area (Å²) >= 11 is 0. The quantitative estimate of drug-likeness (QED) is 0.163. The molecule has 0 N–H and O–H groups in total. The van der Waals surface area contributed by atoms with Gasteiger partial charge in [-0.15, -0.1) is 0 Å². The lowest BCUT2D eigenvalue weighted by Gasteiger charge is -2.06. The van der Waals surface area contributed by atoms with Crippen molar-refractivity contribution in [3.05, 3.63) is 109 Å². The molecule has 0 aliphatic heterocycles. The van der Waals surface area contributed by atoms with Crippen molar-refractivity contribution in [1.82, 2.24) is 0 Å². The van der Waals surface area contributed by atoms with Gasteiger partial charge in [-0.05, 0) is 78.6 Å². The third-order valence-corrected chi connectivity index (χ3v) is 4.55. The summed E-state index contributed by atoms with van der Waals surface area (Å²) in [6, 6.07) is 21.7. The number of esters is 2. The largest absolute Gasteiger partial charge is 0.497 e. The van der Waals surface area contributed by atoms with Crippen LogP contribution in [0.5, 0.6) is 17.2 Å². The number of carbonyl (C=O) groups excluding carboxylic acids is 3. The SMILES string of the molecule is C=C(C)C(=O)Oc1ccc(-c2ccc(/C=C\C(=O)Oc3ccc(OC)cc3)cc2)cc1.C=C(C)C=O. The van der Waals surface area contributed by atoms with Gasteiger partial charge in [-0.2, -0.15) is 0 Å². The third kappa shape index (κ3) is 9.27. The Morgan fingerprint density at radius 1 is 0.722 bits per heavy atom. The van der Waals surface area contributed by atoms with Gasteiger partial charge in [0.2, 0.25) is 0 Å². The molecule has 36 heavy (non-hydrogen) atoms. The van der Waals surface area contributed by atoms with Crippen molar-refractivity contribution in [1.29, 1.82) is 0 Å². The zero-order valence-corrected chi connectivity index (χ0v) is 20.5. The van der Waals surface area contributed by atoms with Crippen LogP contribution in [0.3, 0.4) is 0 Å². The summed E-state index contributed by atoms with van der Waals surface area (Å²) in [6.45, 7) is 10.1. The third-order valence-electron chi connectivity index (χ3n) is 4.55. The molecule has 0 spiro atoms. The molecule has 6 heteroatoms. The number of allylic oxidation sites excluding steroid dienone is 1. The van der Waals surface area contributed by atoms with E-state index < -0.39 is 11.9 Å². The average Bonchev–Trinajstić information content (AvgIpc) is 2.89. The molecule has 0 unspecified atom stereocenters. The number of carbonyl (C=O) groups is 3. The maximum atomic E-state index is 12.0. The topological polar surface area (TPSA) is 78.9 Å². The normalized spacial score (nSPS) is 9.97. The highest BCUT2D eigenvalue weighted by Gasteiger charge is 2.06. The Hall–Kier alpha value is -4.71. The Morgan fingerprint density at radius 3 is 1.64 bits per heavy atom. The van der Waals surface area contributed by atoms with Crippen molar-refractivity contribution in [2.45, 2.75) is 13.8 Å². The summed E-state index contributed by atoms with van der Waals surface area (Å²) in [7, 11) is 1.58. The predicted octanol–water partition coefficient (Wildman–Crippen LogP) is 6.22. The van der Waals surface area contributed by atoms with Gasteiger partial charge in [0.05, 0.1) is 7.11 Å². The van der Waals surface area contributed by atoms with E-state index in [-0.39, 0.29) is 0 Å². The van der Waals surface area contributed by atoms with E-state index in [4.69, 9.17) is 14.2 Å². The second-order valence-electron chi connectivity index (χ2n) is 7.71. The van der Waals surface area contributed by atoms with E-state index in [0.29, 0.717) is 28.4 Å². The molecule has 0 saturated carbocycles. The van der Waals surface area contributed by atoms with Crippen LogP contribution in [-0.2, 0) is 14.4 Å². The summed E-state index contributed by atoms with van der Waals surface area (Å²) in [5.74, 6) is 0.691. The second kappa shape index (κ2) is 13.9. The monoisotopic (exact) mass is 484 g/mol. The zero-order valence-electron chi connectivity index (χ0n) is 20.5. The molecular weight excluding hydrogens is 456 g/mol. The highest BCUT2D eigenvalue weighted by Crippen LogP contribution is 2.24. The molecule has 0 bridgehead atoms. The lowest BCUT2D eigenvalue weighted by Crippen LogP contribution is -2.07. The molecule has 3 aromatic rings. The van der Waals surface area contributed by atoms with Crippen molar-refractivity contribution in [3.8, 4) is 28.4 Å². The molecule has 0 amide bonds. The Kier molecular flexibility index (Phi) is 10.6. The van der Waals surface area contributed by atoms with E-state index in [1.54, 1.807) is 63.4 Å². The van der Waals surface area contributed by atoms with E-state index in [9.17, 15) is 14.4 Å². The molecule has 0 aliphatic rings. The summed E-state index contributed by atoms with van der Waals surface area (Å²) < 4.78 is 15.5. The van der Waals surface area contributed by atoms with Crippen LogP contribution in [0, 0.1) is 0 Å². The molecule has 0 aromatic heterocycles. The van der Waals surface area contributed by atoms with Crippen molar-refractivity contribution >= 4 is 24.3 Å². The fourth-order valence-corrected chi connectivity index (χ4v) is 2.65. The predicted molar refractivity (Wildman–Crippen MR) is 141 cm³/mol. The molecule has 3 aromatic carbocycles. The van der Waals surface area contributed by atoms with Crippen LogP contribution in [-0.4, -0.2) is 25.3 Å². The molecule has 0 radical (unpaired) electrons. The Balaban J connectivity index is 0.000000830. The first kappa shape index (κ1) is 27.5. The molecule has 3 rings (SSSR count). The summed E-state index contributed by atoms with van der Waals surface area (Å²) in [5.41, 5.74) is 3.76. The molecule has 0 heterocycles. The van der Waals surface area contributed by atoms with Crippen molar-refractivity contribution in [2.75, 3.05) is 7.11 Å².